The third kappa shape index (κ3) is 1.38. The summed E-state index contributed by atoms with van der Waals surface area (Å²) < 4.78 is 0. The Bertz CT molecular complexity index is 866. The Morgan fingerprint density at radius 3 is 1.45 bits per heavy atom. The Hall–Kier alpha value is -2.34. The minimum absolute atomic E-state index is 1.10. The Morgan fingerprint density at radius 1 is 0.591 bits per heavy atom. The molecule has 0 radical (unpaired) electrons. The summed E-state index contributed by atoms with van der Waals surface area (Å²) in [4.78, 5) is 0. The second-order valence-electron chi connectivity index (χ2n) is 6.62. The Morgan fingerprint density at radius 2 is 1.00 bits per heavy atom. The van der Waals surface area contributed by atoms with Crippen molar-refractivity contribution >= 4 is 0 Å². The highest BCUT2D eigenvalue weighted by Gasteiger charge is 2.30. The molecule has 3 aromatic carbocycles. The van der Waals surface area contributed by atoms with Gasteiger partial charge in [-0.25, -0.2) is 0 Å². The Kier molecular flexibility index (Phi) is 2.28. The second kappa shape index (κ2) is 4.10. The zero-order chi connectivity index (χ0) is 14.8. The van der Waals surface area contributed by atoms with Gasteiger partial charge in [0.25, 0.3) is 0 Å². The van der Waals surface area contributed by atoms with Crippen LogP contribution in [0.3, 0.4) is 0 Å². The number of fused-ring (bicyclic) bond motifs is 7. The van der Waals surface area contributed by atoms with Gasteiger partial charge in [-0.3, -0.25) is 0 Å². The van der Waals surface area contributed by atoms with E-state index < -0.39 is 0 Å². The summed E-state index contributed by atoms with van der Waals surface area (Å²) in [5.74, 6) is 0. The van der Waals surface area contributed by atoms with Gasteiger partial charge in [-0.15, -0.1) is 0 Å². The van der Waals surface area contributed by atoms with Gasteiger partial charge < -0.3 is 0 Å². The molecule has 0 atom stereocenters. The van der Waals surface area contributed by atoms with Crippen LogP contribution in [0.5, 0.6) is 0 Å². The first-order valence-corrected chi connectivity index (χ1v) is 8.07. The van der Waals surface area contributed by atoms with E-state index in [4.69, 9.17) is 0 Å². The van der Waals surface area contributed by atoms with E-state index in [0.717, 1.165) is 12.8 Å². The molecule has 2 aliphatic carbocycles. The SMILES string of the molecule is Cc1c(C)c2c(c3c1-c1ccccc1C3)Cc1ccccc1-2. The predicted molar refractivity (Wildman–Crippen MR) is 92.4 cm³/mol. The monoisotopic (exact) mass is 282 g/mol. The van der Waals surface area contributed by atoms with Crippen molar-refractivity contribution in [3.8, 4) is 22.3 Å². The van der Waals surface area contributed by atoms with E-state index in [0.29, 0.717) is 0 Å². The van der Waals surface area contributed by atoms with Crippen LogP contribution in [0.25, 0.3) is 22.3 Å². The molecule has 0 amide bonds. The molecule has 5 rings (SSSR count). The van der Waals surface area contributed by atoms with Gasteiger partial charge in [0.05, 0.1) is 0 Å². The number of rotatable bonds is 0. The van der Waals surface area contributed by atoms with Crippen molar-refractivity contribution in [2.75, 3.05) is 0 Å². The molecule has 0 nitrogen and oxygen atoms in total. The minimum atomic E-state index is 1.10. The lowest BCUT2D eigenvalue weighted by Crippen LogP contribution is -1.97. The van der Waals surface area contributed by atoms with Gasteiger partial charge in [-0.05, 0) is 82.3 Å². The van der Waals surface area contributed by atoms with Crippen LogP contribution in [0.15, 0.2) is 48.5 Å². The van der Waals surface area contributed by atoms with Crippen molar-refractivity contribution in [3.05, 3.63) is 81.9 Å². The third-order valence-electron chi connectivity index (χ3n) is 5.59. The molecular weight excluding hydrogens is 264 g/mol. The summed E-state index contributed by atoms with van der Waals surface area (Å²) in [5.41, 5.74) is 15.0. The molecule has 0 unspecified atom stereocenters. The Balaban J connectivity index is 1.88. The van der Waals surface area contributed by atoms with E-state index in [1.807, 2.05) is 0 Å². The molecule has 0 N–H and O–H groups in total. The first-order chi connectivity index (χ1) is 10.8. The molecule has 0 saturated carbocycles. The van der Waals surface area contributed by atoms with Crippen LogP contribution in [0, 0.1) is 13.8 Å². The smallest absolute Gasteiger partial charge is 0.00103 e. The molecular formula is C22H18. The number of hydrogen-bond donors (Lipinski definition) is 0. The van der Waals surface area contributed by atoms with Gasteiger partial charge in [-0.1, -0.05) is 48.5 Å². The molecule has 0 heteroatoms. The normalized spacial score (nSPS) is 13.5. The molecule has 2 aliphatic rings. The molecule has 0 spiro atoms. The summed E-state index contributed by atoms with van der Waals surface area (Å²) in [5, 5.41) is 0. The molecule has 0 saturated heterocycles. The van der Waals surface area contributed by atoms with E-state index in [9.17, 15) is 0 Å². The van der Waals surface area contributed by atoms with Gasteiger partial charge in [0.1, 0.15) is 0 Å². The first kappa shape index (κ1) is 12.2. The lowest BCUT2D eigenvalue weighted by Gasteiger charge is -2.16. The highest BCUT2D eigenvalue weighted by molar-refractivity contribution is 5.90. The van der Waals surface area contributed by atoms with Crippen LogP contribution in [0.4, 0.5) is 0 Å². The fourth-order valence-electron chi connectivity index (χ4n) is 4.47. The van der Waals surface area contributed by atoms with E-state index in [1.165, 1.54) is 44.5 Å². The number of hydrogen-bond acceptors (Lipinski definition) is 0. The van der Waals surface area contributed by atoms with Crippen LogP contribution in [-0.2, 0) is 12.8 Å². The zero-order valence-electron chi connectivity index (χ0n) is 13.0. The summed E-state index contributed by atoms with van der Waals surface area (Å²) in [6.45, 7) is 4.61. The van der Waals surface area contributed by atoms with Gasteiger partial charge in [0.15, 0.2) is 0 Å². The fraction of sp³-hybridized carbons (Fsp3) is 0.182. The van der Waals surface area contributed by atoms with E-state index in [-0.39, 0.29) is 0 Å². The molecule has 106 valence electrons. The minimum Gasteiger partial charge on any atom is -0.0619 e. The molecule has 0 heterocycles. The Labute approximate surface area is 131 Å². The standard InChI is InChI=1S/C22H18/c1-13-14(2)22-18-10-6-4-8-16(18)12-20(22)19-11-15-7-3-5-9-17(15)21(13)19/h3-10H,11-12H2,1-2H3. The molecule has 3 aromatic rings. The van der Waals surface area contributed by atoms with Gasteiger partial charge in [0.2, 0.25) is 0 Å². The fourth-order valence-corrected chi connectivity index (χ4v) is 4.47. The van der Waals surface area contributed by atoms with Crippen molar-refractivity contribution in [2.45, 2.75) is 26.7 Å². The zero-order valence-corrected chi connectivity index (χ0v) is 13.0. The molecule has 22 heavy (non-hydrogen) atoms. The lowest BCUT2D eigenvalue weighted by molar-refractivity contribution is 1.15. The molecule has 0 fully saturated rings. The summed E-state index contributed by atoms with van der Waals surface area (Å²) >= 11 is 0. The topological polar surface area (TPSA) is 0 Å². The van der Waals surface area contributed by atoms with Gasteiger partial charge in [0, 0.05) is 0 Å². The highest BCUT2D eigenvalue weighted by Crippen LogP contribution is 2.49. The average molecular weight is 282 g/mol. The number of benzene rings is 3. The maximum absolute atomic E-state index is 2.30. The van der Waals surface area contributed by atoms with Crippen LogP contribution in [-0.4, -0.2) is 0 Å². The van der Waals surface area contributed by atoms with Crippen LogP contribution < -0.4 is 0 Å². The predicted octanol–water partition coefficient (Wildman–Crippen LogP) is 5.45. The maximum atomic E-state index is 2.30. The lowest BCUT2D eigenvalue weighted by atomic mass is 9.88. The van der Waals surface area contributed by atoms with Crippen molar-refractivity contribution in [1.29, 1.82) is 0 Å². The van der Waals surface area contributed by atoms with Crippen molar-refractivity contribution in [1.82, 2.24) is 0 Å². The maximum Gasteiger partial charge on any atom is -0.00103 e. The highest BCUT2D eigenvalue weighted by atomic mass is 14.3. The van der Waals surface area contributed by atoms with Crippen LogP contribution in [0.2, 0.25) is 0 Å². The molecule has 0 aliphatic heterocycles. The summed E-state index contributed by atoms with van der Waals surface area (Å²) in [6.07, 6.45) is 2.20. The quantitative estimate of drug-likeness (QED) is 0.354. The van der Waals surface area contributed by atoms with E-state index in [2.05, 4.69) is 62.4 Å². The summed E-state index contributed by atoms with van der Waals surface area (Å²) in [6, 6.07) is 17.8. The van der Waals surface area contributed by atoms with Crippen molar-refractivity contribution < 1.29 is 0 Å². The average Bonchev–Trinajstić information content (AvgIpc) is 3.11. The van der Waals surface area contributed by atoms with Gasteiger partial charge >= 0.3 is 0 Å². The van der Waals surface area contributed by atoms with Gasteiger partial charge in [-0.2, -0.15) is 0 Å². The van der Waals surface area contributed by atoms with E-state index >= 15 is 0 Å². The van der Waals surface area contributed by atoms with Crippen LogP contribution >= 0.6 is 0 Å². The largest absolute Gasteiger partial charge is 0.0619 e. The summed E-state index contributed by atoms with van der Waals surface area (Å²) in [7, 11) is 0. The molecule has 0 bridgehead atoms. The molecule has 0 aromatic heterocycles. The van der Waals surface area contributed by atoms with Crippen LogP contribution in [0.1, 0.15) is 33.4 Å². The van der Waals surface area contributed by atoms with E-state index in [1.54, 1.807) is 11.1 Å². The third-order valence-corrected chi connectivity index (χ3v) is 5.59. The van der Waals surface area contributed by atoms with Crippen molar-refractivity contribution in [3.63, 3.8) is 0 Å². The first-order valence-electron chi connectivity index (χ1n) is 8.07. The second-order valence-corrected chi connectivity index (χ2v) is 6.62. The van der Waals surface area contributed by atoms with Crippen molar-refractivity contribution in [2.24, 2.45) is 0 Å².